The summed E-state index contributed by atoms with van der Waals surface area (Å²) in [6, 6.07) is 5.92. The van der Waals surface area contributed by atoms with Crippen LogP contribution in [-0.2, 0) is 6.54 Å². The molecular formula is C17H21ClF3N5O2. The number of benzene rings is 1. The van der Waals surface area contributed by atoms with Crippen LogP contribution >= 0.6 is 12.4 Å². The number of nitrogens with zero attached hydrogens (tertiary/aromatic N) is 4. The lowest BCUT2D eigenvalue weighted by molar-refractivity contribution is -0.275. The molecule has 0 bridgehead atoms. The number of para-hydroxylation sites is 1. The van der Waals surface area contributed by atoms with Crippen LogP contribution in [0, 0.1) is 0 Å². The standard InChI is InChI=1S/C17H20F3N5O2.ClH/c1-24(10-12-4-2-3-5-15(12)27-17(18,19)20)16(26)14-11-25(23-22-14)13-6-8-21-9-7-13;/h2-5,11,13,21H,6-10H2,1H3;1H. The minimum atomic E-state index is -4.80. The lowest BCUT2D eigenvalue weighted by atomic mass is 10.1. The molecular weight excluding hydrogens is 399 g/mol. The lowest BCUT2D eigenvalue weighted by Crippen LogP contribution is -2.29. The molecule has 1 saturated heterocycles. The van der Waals surface area contributed by atoms with Crippen LogP contribution in [0.2, 0.25) is 0 Å². The molecule has 0 spiro atoms. The van der Waals surface area contributed by atoms with Gasteiger partial charge in [0, 0.05) is 19.2 Å². The fourth-order valence-electron chi connectivity index (χ4n) is 3.01. The highest BCUT2D eigenvalue weighted by atomic mass is 35.5. The number of alkyl halides is 3. The number of aromatic nitrogens is 3. The number of carbonyl (C=O) groups is 1. The van der Waals surface area contributed by atoms with Crippen molar-refractivity contribution in [3.05, 3.63) is 41.7 Å². The van der Waals surface area contributed by atoms with E-state index in [1.54, 1.807) is 16.9 Å². The van der Waals surface area contributed by atoms with Crippen molar-refractivity contribution in [3.8, 4) is 5.75 Å². The zero-order valence-electron chi connectivity index (χ0n) is 15.1. The van der Waals surface area contributed by atoms with Gasteiger partial charge in [-0.05, 0) is 32.0 Å². The van der Waals surface area contributed by atoms with Crippen molar-refractivity contribution < 1.29 is 22.7 Å². The Bertz CT molecular complexity index is 793. The van der Waals surface area contributed by atoms with Crippen LogP contribution in [0.15, 0.2) is 30.5 Å². The number of ether oxygens (including phenoxy) is 1. The Morgan fingerprint density at radius 1 is 1.32 bits per heavy atom. The van der Waals surface area contributed by atoms with Crippen molar-refractivity contribution in [1.29, 1.82) is 0 Å². The SMILES string of the molecule is CN(Cc1ccccc1OC(F)(F)F)C(=O)c1cn(C2CCNCC2)nn1.Cl. The molecule has 7 nitrogen and oxygen atoms in total. The van der Waals surface area contributed by atoms with E-state index >= 15 is 0 Å². The van der Waals surface area contributed by atoms with Gasteiger partial charge in [0.15, 0.2) is 5.69 Å². The number of rotatable bonds is 5. The van der Waals surface area contributed by atoms with Gasteiger partial charge in [0.05, 0.1) is 12.2 Å². The van der Waals surface area contributed by atoms with Crippen molar-refractivity contribution >= 4 is 18.3 Å². The number of hydrogen-bond acceptors (Lipinski definition) is 5. The highest BCUT2D eigenvalue weighted by Gasteiger charge is 2.32. The van der Waals surface area contributed by atoms with E-state index in [-0.39, 0.29) is 42.0 Å². The summed E-state index contributed by atoms with van der Waals surface area (Å²) in [4.78, 5) is 13.9. The zero-order chi connectivity index (χ0) is 19.4. The summed E-state index contributed by atoms with van der Waals surface area (Å²) >= 11 is 0. The normalized spacial score (nSPS) is 15.0. The van der Waals surface area contributed by atoms with Crippen molar-refractivity contribution in [1.82, 2.24) is 25.2 Å². The van der Waals surface area contributed by atoms with Gasteiger partial charge in [-0.2, -0.15) is 0 Å². The molecule has 1 amide bonds. The van der Waals surface area contributed by atoms with E-state index in [1.807, 2.05) is 0 Å². The molecule has 0 aliphatic carbocycles. The summed E-state index contributed by atoms with van der Waals surface area (Å²) in [6.07, 6.45) is -1.41. The fraction of sp³-hybridized carbons (Fsp3) is 0.471. The Morgan fingerprint density at radius 3 is 2.68 bits per heavy atom. The summed E-state index contributed by atoms with van der Waals surface area (Å²) < 4.78 is 43.3. The molecule has 154 valence electrons. The zero-order valence-corrected chi connectivity index (χ0v) is 16.0. The van der Waals surface area contributed by atoms with Gasteiger partial charge >= 0.3 is 6.36 Å². The molecule has 1 aromatic carbocycles. The smallest absolute Gasteiger partial charge is 0.405 e. The second-order valence-corrected chi connectivity index (χ2v) is 6.38. The van der Waals surface area contributed by atoms with Crippen molar-refractivity contribution in [2.45, 2.75) is 31.8 Å². The average Bonchev–Trinajstić information content (AvgIpc) is 3.12. The molecule has 1 aromatic heterocycles. The number of hydrogen-bond donors (Lipinski definition) is 1. The Kier molecular flexibility index (Phi) is 7.25. The largest absolute Gasteiger partial charge is 0.573 e. The fourth-order valence-corrected chi connectivity index (χ4v) is 3.01. The molecule has 0 radical (unpaired) electrons. The predicted molar refractivity (Wildman–Crippen MR) is 97.3 cm³/mol. The van der Waals surface area contributed by atoms with Gasteiger partial charge in [-0.1, -0.05) is 23.4 Å². The first-order valence-corrected chi connectivity index (χ1v) is 8.55. The first kappa shape index (κ1) is 22.0. The van der Waals surface area contributed by atoms with E-state index in [9.17, 15) is 18.0 Å². The maximum Gasteiger partial charge on any atom is 0.573 e. The first-order chi connectivity index (χ1) is 12.8. The van der Waals surface area contributed by atoms with E-state index < -0.39 is 12.3 Å². The third kappa shape index (κ3) is 5.59. The van der Waals surface area contributed by atoms with Crippen LogP contribution in [0.1, 0.15) is 34.9 Å². The number of amides is 1. The highest BCUT2D eigenvalue weighted by Crippen LogP contribution is 2.27. The number of carbonyl (C=O) groups excluding carboxylic acids is 1. The van der Waals surface area contributed by atoms with E-state index in [0.717, 1.165) is 25.9 Å². The predicted octanol–water partition coefficient (Wildman–Crippen LogP) is 2.80. The minimum Gasteiger partial charge on any atom is -0.405 e. The van der Waals surface area contributed by atoms with E-state index in [2.05, 4.69) is 20.4 Å². The van der Waals surface area contributed by atoms with E-state index in [1.165, 1.54) is 30.1 Å². The number of nitrogens with one attached hydrogen (secondary N) is 1. The van der Waals surface area contributed by atoms with Gasteiger partial charge in [-0.3, -0.25) is 4.79 Å². The van der Waals surface area contributed by atoms with Gasteiger partial charge in [-0.25, -0.2) is 4.68 Å². The molecule has 1 aliphatic rings. The molecule has 0 atom stereocenters. The maximum absolute atomic E-state index is 12.6. The summed E-state index contributed by atoms with van der Waals surface area (Å²) in [6.45, 7) is 1.71. The molecule has 11 heteroatoms. The Hall–Kier alpha value is -2.33. The van der Waals surface area contributed by atoms with Crippen LogP contribution in [0.4, 0.5) is 13.2 Å². The monoisotopic (exact) mass is 419 g/mol. The van der Waals surface area contributed by atoms with Crippen LogP contribution in [-0.4, -0.2) is 52.3 Å². The summed E-state index contributed by atoms with van der Waals surface area (Å²) in [5.41, 5.74) is 0.404. The third-order valence-electron chi connectivity index (χ3n) is 4.36. The second kappa shape index (κ2) is 9.24. The van der Waals surface area contributed by atoms with Gasteiger partial charge in [-0.15, -0.1) is 30.7 Å². The summed E-state index contributed by atoms with van der Waals surface area (Å²) in [5, 5.41) is 11.2. The molecule has 2 heterocycles. The Labute approximate surface area is 166 Å². The Morgan fingerprint density at radius 2 is 2.00 bits per heavy atom. The second-order valence-electron chi connectivity index (χ2n) is 6.38. The quantitative estimate of drug-likeness (QED) is 0.806. The first-order valence-electron chi connectivity index (χ1n) is 8.55. The van der Waals surface area contributed by atoms with E-state index in [4.69, 9.17) is 0 Å². The van der Waals surface area contributed by atoms with Crippen LogP contribution in [0.5, 0.6) is 5.75 Å². The number of halogens is 4. The van der Waals surface area contributed by atoms with Crippen molar-refractivity contribution in [3.63, 3.8) is 0 Å². The average molecular weight is 420 g/mol. The van der Waals surface area contributed by atoms with Gasteiger partial charge in [0.25, 0.3) is 5.91 Å². The van der Waals surface area contributed by atoms with Gasteiger partial charge < -0.3 is 15.0 Å². The van der Waals surface area contributed by atoms with Crippen molar-refractivity contribution in [2.24, 2.45) is 0 Å². The van der Waals surface area contributed by atoms with Crippen LogP contribution in [0.25, 0.3) is 0 Å². The molecule has 0 unspecified atom stereocenters. The summed E-state index contributed by atoms with van der Waals surface area (Å²) in [7, 11) is 1.50. The number of piperidine rings is 1. The van der Waals surface area contributed by atoms with Crippen LogP contribution < -0.4 is 10.1 Å². The molecule has 3 rings (SSSR count). The molecule has 2 aromatic rings. The summed E-state index contributed by atoms with van der Waals surface area (Å²) in [5.74, 6) is -0.750. The molecule has 28 heavy (non-hydrogen) atoms. The molecule has 1 fully saturated rings. The molecule has 1 N–H and O–H groups in total. The Balaban J connectivity index is 0.00000280. The van der Waals surface area contributed by atoms with E-state index in [0.29, 0.717) is 0 Å². The molecule has 0 saturated carbocycles. The highest BCUT2D eigenvalue weighted by molar-refractivity contribution is 5.91. The van der Waals surface area contributed by atoms with Crippen molar-refractivity contribution in [2.75, 3.05) is 20.1 Å². The minimum absolute atomic E-state index is 0. The van der Waals surface area contributed by atoms with Gasteiger partial charge in [0.1, 0.15) is 5.75 Å². The maximum atomic E-state index is 12.6. The van der Waals surface area contributed by atoms with Gasteiger partial charge in [0.2, 0.25) is 0 Å². The van der Waals surface area contributed by atoms with Crippen LogP contribution in [0.3, 0.4) is 0 Å². The topological polar surface area (TPSA) is 72.3 Å². The molecule has 1 aliphatic heterocycles. The lowest BCUT2D eigenvalue weighted by Gasteiger charge is -2.22. The third-order valence-corrected chi connectivity index (χ3v) is 4.36.